The largest absolute Gasteiger partial charge is 0.382 e. The quantitative estimate of drug-likeness (QED) is 0.232. The summed E-state index contributed by atoms with van der Waals surface area (Å²) in [5, 5.41) is 10.5. The summed E-state index contributed by atoms with van der Waals surface area (Å²) in [6.07, 6.45) is 3.83. The van der Waals surface area contributed by atoms with Gasteiger partial charge >= 0.3 is 0 Å². The second-order valence-corrected chi connectivity index (χ2v) is 5.02. The van der Waals surface area contributed by atoms with Crippen LogP contribution in [0.3, 0.4) is 0 Å². The average Bonchev–Trinajstić information content (AvgIpc) is 2.66. The number of nitrogens with two attached hydrogens (primary N) is 3. The lowest BCUT2D eigenvalue weighted by molar-refractivity contribution is 0.0953. The number of hydrogen-bond acceptors (Lipinski definition) is 6. The highest BCUT2D eigenvalue weighted by atomic mass is 16.1. The maximum atomic E-state index is 11.9. The Hall–Kier alpha value is -3.33. The summed E-state index contributed by atoms with van der Waals surface area (Å²) in [7, 11) is 0. The van der Waals surface area contributed by atoms with Crippen LogP contribution in [-0.2, 0) is 0 Å². The van der Waals surface area contributed by atoms with E-state index in [1.807, 2.05) is 0 Å². The second kappa shape index (κ2) is 9.08. The molecule has 7 N–H and O–H groups in total. The van der Waals surface area contributed by atoms with Crippen LogP contribution in [0.1, 0.15) is 28.2 Å². The number of hydrogen-bond donors (Lipinski definition) is 4. The minimum absolute atomic E-state index is 0.0550. The van der Waals surface area contributed by atoms with E-state index >= 15 is 0 Å². The van der Waals surface area contributed by atoms with E-state index in [9.17, 15) is 4.79 Å². The molecule has 1 aromatic carbocycles. The summed E-state index contributed by atoms with van der Waals surface area (Å²) < 4.78 is 0. The maximum absolute atomic E-state index is 11.9. The van der Waals surface area contributed by atoms with Crippen molar-refractivity contribution in [2.75, 3.05) is 13.1 Å². The van der Waals surface area contributed by atoms with E-state index in [0.29, 0.717) is 24.2 Å². The van der Waals surface area contributed by atoms with E-state index in [-0.39, 0.29) is 23.4 Å². The van der Waals surface area contributed by atoms with Crippen molar-refractivity contribution < 1.29 is 4.79 Å². The molecule has 25 heavy (non-hydrogen) atoms. The van der Waals surface area contributed by atoms with Crippen molar-refractivity contribution in [1.82, 2.24) is 15.3 Å². The molecule has 1 amide bonds. The highest BCUT2D eigenvalue weighted by Crippen LogP contribution is 2.05. The van der Waals surface area contributed by atoms with Crippen molar-refractivity contribution in [2.45, 2.75) is 6.42 Å². The van der Waals surface area contributed by atoms with Crippen molar-refractivity contribution in [3.63, 3.8) is 0 Å². The van der Waals surface area contributed by atoms with Crippen LogP contribution >= 0.6 is 0 Å². The van der Waals surface area contributed by atoms with Gasteiger partial charge in [0.2, 0.25) is 0 Å². The number of amidine groups is 2. The van der Waals surface area contributed by atoms with Gasteiger partial charge in [0.1, 0.15) is 0 Å². The van der Waals surface area contributed by atoms with Crippen LogP contribution in [0.5, 0.6) is 0 Å². The third-order valence-electron chi connectivity index (χ3n) is 3.17. The predicted molar refractivity (Wildman–Crippen MR) is 95.9 cm³/mol. The first-order valence-corrected chi connectivity index (χ1v) is 7.64. The Kier molecular flexibility index (Phi) is 6.55. The first kappa shape index (κ1) is 18.0. The fourth-order valence-electron chi connectivity index (χ4n) is 1.84. The van der Waals surface area contributed by atoms with Crippen molar-refractivity contribution in [1.29, 1.82) is 0 Å². The molecule has 2 aromatic rings. The second-order valence-electron chi connectivity index (χ2n) is 5.02. The van der Waals surface area contributed by atoms with E-state index in [2.05, 4.69) is 25.5 Å². The first-order chi connectivity index (χ1) is 12.1. The molecule has 0 aliphatic heterocycles. The first-order valence-electron chi connectivity index (χ1n) is 7.64. The average molecular weight is 340 g/mol. The van der Waals surface area contributed by atoms with E-state index < -0.39 is 0 Å². The molecule has 9 heteroatoms. The van der Waals surface area contributed by atoms with Crippen LogP contribution in [0.4, 0.5) is 0 Å². The predicted octanol–water partition coefficient (Wildman–Crippen LogP) is -0.419. The van der Waals surface area contributed by atoms with Crippen molar-refractivity contribution >= 4 is 17.6 Å². The number of carbonyl (C=O) groups is 1. The zero-order chi connectivity index (χ0) is 18.1. The molecule has 1 aromatic heterocycles. The highest BCUT2D eigenvalue weighted by Gasteiger charge is 2.06. The standard InChI is InChI=1S/C16H20N8O/c17-7-1-8-22-16(25)12-5-3-11(4-6-12)13(18)23-24-14(19)15-20-9-2-10-21-15/h2-6,9-10H,1,7-8,17H2,(H2,18,23)(H2,19,24)(H,22,25). The summed E-state index contributed by atoms with van der Waals surface area (Å²) in [5.74, 6) is 0.316. The number of carbonyl (C=O) groups excluding carboxylic acids is 1. The SMILES string of the molecule is NCCCNC(=O)c1ccc(/C(N)=N/N=C(\N)c2ncccn2)cc1. The lowest BCUT2D eigenvalue weighted by Gasteiger charge is -2.05. The molecule has 2 rings (SSSR count). The van der Waals surface area contributed by atoms with Crippen LogP contribution in [0, 0.1) is 0 Å². The van der Waals surface area contributed by atoms with E-state index in [1.165, 1.54) is 0 Å². The molecule has 0 fully saturated rings. The van der Waals surface area contributed by atoms with Crippen molar-refractivity contribution in [3.8, 4) is 0 Å². The Morgan fingerprint density at radius 2 is 1.60 bits per heavy atom. The summed E-state index contributed by atoms with van der Waals surface area (Å²) in [5.41, 5.74) is 18.1. The summed E-state index contributed by atoms with van der Waals surface area (Å²) in [4.78, 5) is 19.8. The minimum Gasteiger partial charge on any atom is -0.382 e. The Morgan fingerprint density at radius 3 is 2.24 bits per heavy atom. The summed E-state index contributed by atoms with van der Waals surface area (Å²) in [6, 6.07) is 8.34. The van der Waals surface area contributed by atoms with Crippen LogP contribution in [0.15, 0.2) is 52.9 Å². The van der Waals surface area contributed by atoms with Gasteiger partial charge in [0.25, 0.3) is 5.91 Å². The van der Waals surface area contributed by atoms with E-state index in [1.54, 1.807) is 42.7 Å². The number of nitrogens with one attached hydrogen (secondary N) is 1. The highest BCUT2D eigenvalue weighted by molar-refractivity contribution is 6.00. The van der Waals surface area contributed by atoms with Gasteiger partial charge in [-0.05, 0) is 31.2 Å². The molecule has 1 heterocycles. The molecule has 0 atom stereocenters. The van der Waals surface area contributed by atoms with Gasteiger partial charge in [0, 0.05) is 30.1 Å². The van der Waals surface area contributed by atoms with E-state index in [4.69, 9.17) is 17.2 Å². The molecule has 0 radical (unpaired) electrons. The molecule has 0 aliphatic rings. The van der Waals surface area contributed by atoms with Gasteiger partial charge in [-0.25, -0.2) is 9.97 Å². The van der Waals surface area contributed by atoms with Crippen LogP contribution in [0.25, 0.3) is 0 Å². The third-order valence-corrected chi connectivity index (χ3v) is 3.17. The fraction of sp³-hybridized carbons (Fsp3) is 0.188. The zero-order valence-electron chi connectivity index (χ0n) is 13.6. The van der Waals surface area contributed by atoms with Gasteiger partial charge < -0.3 is 22.5 Å². The number of rotatable bonds is 7. The summed E-state index contributed by atoms with van der Waals surface area (Å²) in [6.45, 7) is 1.07. The van der Waals surface area contributed by atoms with Gasteiger partial charge in [-0.1, -0.05) is 12.1 Å². The number of aromatic nitrogens is 2. The topological polar surface area (TPSA) is 158 Å². The Labute approximate surface area is 145 Å². The van der Waals surface area contributed by atoms with Gasteiger partial charge in [0.15, 0.2) is 17.5 Å². The Morgan fingerprint density at radius 1 is 1.00 bits per heavy atom. The normalized spacial score (nSPS) is 12.0. The summed E-state index contributed by atoms with van der Waals surface area (Å²) >= 11 is 0. The number of nitrogens with zero attached hydrogens (tertiary/aromatic N) is 4. The molecule has 0 spiro atoms. The van der Waals surface area contributed by atoms with E-state index in [0.717, 1.165) is 6.42 Å². The fourth-order valence-corrected chi connectivity index (χ4v) is 1.84. The smallest absolute Gasteiger partial charge is 0.251 e. The van der Waals surface area contributed by atoms with Gasteiger partial charge in [-0.2, -0.15) is 0 Å². The lowest BCUT2D eigenvalue weighted by Crippen LogP contribution is -2.26. The molecule has 0 saturated carbocycles. The lowest BCUT2D eigenvalue weighted by atomic mass is 10.1. The minimum atomic E-state index is -0.168. The van der Waals surface area contributed by atoms with Crippen molar-refractivity contribution in [2.24, 2.45) is 27.4 Å². The zero-order valence-corrected chi connectivity index (χ0v) is 13.6. The molecular weight excluding hydrogens is 320 g/mol. The van der Waals surface area contributed by atoms with Crippen molar-refractivity contribution in [3.05, 3.63) is 59.7 Å². The molecule has 130 valence electrons. The monoisotopic (exact) mass is 340 g/mol. The molecule has 0 unspecified atom stereocenters. The molecule has 9 nitrogen and oxygen atoms in total. The van der Waals surface area contributed by atoms with Gasteiger partial charge in [-0.3, -0.25) is 4.79 Å². The Balaban J connectivity index is 2.04. The van der Waals surface area contributed by atoms with Crippen LogP contribution in [0.2, 0.25) is 0 Å². The molecular formula is C16H20N8O. The maximum Gasteiger partial charge on any atom is 0.251 e. The van der Waals surface area contributed by atoms with Crippen LogP contribution < -0.4 is 22.5 Å². The van der Waals surface area contributed by atoms with Gasteiger partial charge in [-0.15, -0.1) is 10.2 Å². The number of amides is 1. The Bertz CT molecular complexity index is 755. The molecule has 0 aliphatic carbocycles. The third kappa shape index (κ3) is 5.36. The number of benzene rings is 1. The molecule has 0 saturated heterocycles. The molecule has 0 bridgehead atoms. The van der Waals surface area contributed by atoms with Gasteiger partial charge in [0.05, 0.1) is 0 Å². The van der Waals surface area contributed by atoms with Crippen LogP contribution in [-0.4, -0.2) is 40.6 Å².